The molecule has 6 rings (SSSR count). The van der Waals surface area contributed by atoms with Gasteiger partial charge in [-0.15, -0.1) is 0 Å². The zero-order valence-electron chi connectivity index (χ0n) is 18.1. The van der Waals surface area contributed by atoms with Gasteiger partial charge >= 0.3 is 0 Å². The standard InChI is InChI=1S/C21H17S.C10H8/c1-22(20-14-6-10-16-8-2-4-12-18(16)20)21-15-7-11-17-9-3-5-13-19(17)21;1-2-6-10-8-4-3-7-9(10)5-1/h2-15H,1H3;1-8H/q+1;. The number of fused-ring (bicyclic) bond motifs is 3. The highest BCUT2D eigenvalue weighted by atomic mass is 32.2. The molecule has 0 amide bonds. The molecular formula is C31H25S+. The van der Waals surface area contributed by atoms with Crippen LogP contribution in [0, 0.1) is 0 Å². The van der Waals surface area contributed by atoms with E-state index in [2.05, 4.69) is 140 Å². The van der Waals surface area contributed by atoms with Crippen LogP contribution >= 0.6 is 0 Å². The van der Waals surface area contributed by atoms with Crippen LogP contribution in [-0.4, -0.2) is 6.26 Å². The molecule has 0 spiro atoms. The number of hydrogen-bond donors (Lipinski definition) is 0. The number of hydrogen-bond acceptors (Lipinski definition) is 0. The fourth-order valence-corrected chi connectivity index (χ4v) is 6.01. The second-order valence-corrected chi connectivity index (χ2v) is 9.71. The van der Waals surface area contributed by atoms with E-state index in [0.29, 0.717) is 0 Å². The van der Waals surface area contributed by atoms with E-state index < -0.39 is 0 Å². The zero-order valence-corrected chi connectivity index (χ0v) is 18.9. The first-order valence-corrected chi connectivity index (χ1v) is 12.5. The molecule has 6 aromatic rings. The van der Waals surface area contributed by atoms with Crippen molar-refractivity contribution in [1.82, 2.24) is 0 Å². The summed E-state index contributed by atoms with van der Waals surface area (Å²) in [7, 11) is 0.0541. The molecule has 0 fully saturated rings. The first kappa shape index (κ1) is 20.4. The average Bonchev–Trinajstić information content (AvgIpc) is 2.88. The Morgan fingerprint density at radius 1 is 0.344 bits per heavy atom. The minimum Gasteiger partial charge on any atom is -0.0616 e. The van der Waals surface area contributed by atoms with Gasteiger partial charge in [-0.25, -0.2) is 0 Å². The Hall–Kier alpha value is -3.55. The van der Waals surface area contributed by atoms with Crippen molar-refractivity contribution in [3.63, 3.8) is 0 Å². The third-order valence-corrected chi connectivity index (χ3v) is 7.85. The summed E-state index contributed by atoms with van der Waals surface area (Å²) in [4.78, 5) is 2.85. The van der Waals surface area contributed by atoms with E-state index in [9.17, 15) is 0 Å². The van der Waals surface area contributed by atoms with Crippen molar-refractivity contribution in [2.24, 2.45) is 0 Å². The van der Waals surface area contributed by atoms with Gasteiger partial charge in [-0.3, -0.25) is 0 Å². The molecule has 0 saturated carbocycles. The fraction of sp³-hybridized carbons (Fsp3) is 0.0323. The third-order valence-electron chi connectivity index (χ3n) is 5.82. The molecule has 0 aliphatic carbocycles. The second-order valence-electron chi connectivity index (χ2n) is 7.81. The highest BCUT2D eigenvalue weighted by molar-refractivity contribution is 7.96. The second kappa shape index (κ2) is 9.30. The van der Waals surface area contributed by atoms with E-state index in [1.54, 1.807) is 0 Å². The lowest BCUT2D eigenvalue weighted by Gasteiger charge is -2.08. The van der Waals surface area contributed by atoms with E-state index in [0.717, 1.165) is 0 Å². The van der Waals surface area contributed by atoms with Gasteiger partial charge in [0.05, 0.1) is 10.9 Å². The molecule has 1 heteroatoms. The molecule has 0 aliphatic heterocycles. The lowest BCUT2D eigenvalue weighted by Crippen LogP contribution is -2.02. The normalized spacial score (nSPS) is 10.9. The quantitative estimate of drug-likeness (QED) is 0.242. The molecule has 6 aromatic carbocycles. The van der Waals surface area contributed by atoms with E-state index >= 15 is 0 Å². The maximum absolute atomic E-state index is 2.34. The molecule has 154 valence electrons. The molecule has 0 unspecified atom stereocenters. The molecule has 0 radical (unpaired) electrons. The molecule has 0 heterocycles. The topological polar surface area (TPSA) is 0 Å². The highest BCUT2D eigenvalue weighted by Gasteiger charge is 2.23. The fourth-order valence-electron chi connectivity index (χ4n) is 4.18. The lowest BCUT2D eigenvalue weighted by molar-refractivity contribution is 1.46. The predicted octanol–water partition coefficient (Wildman–Crippen LogP) is 8.50. The summed E-state index contributed by atoms with van der Waals surface area (Å²) < 4.78 is 0. The third kappa shape index (κ3) is 4.12. The Kier molecular flexibility index (Phi) is 5.91. The number of benzene rings is 6. The first-order valence-electron chi connectivity index (χ1n) is 10.9. The summed E-state index contributed by atoms with van der Waals surface area (Å²) in [5, 5.41) is 7.99. The Balaban J connectivity index is 0.000000180. The van der Waals surface area contributed by atoms with Crippen LogP contribution < -0.4 is 0 Å². The molecule has 32 heavy (non-hydrogen) atoms. The summed E-state index contributed by atoms with van der Waals surface area (Å²) in [6.07, 6.45) is 2.34. The van der Waals surface area contributed by atoms with Crippen LogP contribution in [0.15, 0.2) is 143 Å². The Bertz CT molecular complexity index is 1340. The van der Waals surface area contributed by atoms with Crippen molar-refractivity contribution in [3.8, 4) is 0 Å². The van der Waals surface area contributed by atoms with Gasteiger partial charge in [0.15, 0.2) is 9.79 Å². The van der Waals surface area contributed by atoms with Crippen LogP contribution in [0.5, 0.6) is 0 Å². The number of rotatable bonds is 2. The van der Waals surface area contributed by atoms with Crippen LogP contribution in [0.25, 0.3) is 32.3 Å². The van der Waals surface area contributed by atoms with Gasteiger partial charge in [0.25, 0.3) is 0 Å². The summed E-state index contributed by atoms with van der Waals surface area (Å²) in [5.41, 5.74) is 0. The van der Waals surface area contributed by atoms with Crippen molar-refractivity contribution in [1.29, 1.82) is 0 Å². The molecule has 0 atom stereocenters. The maximum Gasteiger partial charge on any atom is 0.168 e. The predicted molar refractivity (Wildman–Crippen MR) is 142 cm³/mol. The van der Waals surface area contributed by atoms with Crippen molar-refractivity contribution in [2.75, 3.05) is 6.26 Å². The first-order chi connectivity index (χ1) is 15.8. The largest absolute Gasteiger partial charge is 0.168 e. The Morgan fingerprint density at radius 3 is 1.06 bits per heavy atom. The van der Waals surface area contributed by atoms with E-state index in [-0.39, 0.29) is 10.9 Å². The zero-order chi connectivity index (χ0) is 21.8. The van der Waals surface area contributed by atoms with Crippen LogP contribution in [0.2, 0.25) is 0 Å². The van der Waals surface area contributed by atoms with E-state index in [1.807, 2.05) is 0 Å². The highest BCUT2D eigenvalue weighted by Crippen LogP contribution is 2.32. The van der Waals surface area contributed by atoms with Gasteiger partial charge in [-0.1, -0.05) is 109 Å². The monoisotopic (exact) mass is 429 g/mol. The summed E-state index contributed by atoms with van der Waals surface area (Å²) in [6.45, 7) is 0. The van der Waals surface area contributed by atoms with Crippen molar-refractivity contribution in [3.05, 3.63) is 133 Å². The molecule has 0 aliphatic rings. The van der Waals surface area contributed by atoms with Crippen LogP contribution in [0.1, 0.15) is 0 Å². The van der Waals surface area contributed by atoms with Gasteiger partial charge in [0, 0.05) is 10.8 Å². The molecule has 0 nitrogen and oxygen atoms in total. The minimum atomic E-state index is 0.0541. The SMILES string of the molecule is C[S+](c1cccc2ccccc12)c1cccc2ccccc12.c1ccc2ccccc2c1. The summed E-state index contributed by atoms with van der Waals surface area (Å²) in [6, 6.07) is 47.3. The van der Waals surface area contributed by atoms with Crippen LogP contribution in [0.4, 0.5) is 0 Å². The molecule has 0 bridgehead atoms. The van der Waals surface area contributed by atoms with Gasteiger partial charge in [0.1, 0.15) is 6.26 Å². The minimum absolute atomic E-state index is 0.0541. The van der Waals surface area contributed by atoms with Crippen molar-refractivity contribution >= 4 is 43.2 Å². The smallest absolute Gasteiger partial charge is 0.0616 e. The molecular weight excluding hydrogens is 404 g/mol. The summed E-state index contributed by atoms with van der Waals surface area (Å²) in [5.74, 6) is 0. The molecule has 0 aromatic heterocycles. The Morgan fingerprint density at radius 2 is 0.656 bits per heavy atom. The van der Waals surface area contributed by atoms with Crippen molar-refractivity contribution < 1.29 is 0 Å². The average molecular weight is 430 g/mol. The van der Waals surface area contributed by atoms with Crippen molar-refractivity contribution in [2.45, 2.75) is 9.79 Å². The van der Waals surface area contributed by atoms with Gasteiger partial charge in [-0.2, -0.15) is 0 Å². The summed E-state index contributed by atoms with van der Waals surface area (Å²) >= 11 is 0. The van der Waals surface area contributed by atoms with Crippen LogP contribution in [0.3, 0.4) is 0 Å². The van der Waals surface area contributed by atoms with Gasteiger partial charge in [-0.05, 0) is 45.8 Å². The molecule has 0 N–H and O–H groups in total. The van der Waals surface area contributed by atoms with Gasteiger partial charge in [0.2, 0.25) is 0 Å². The molecule has 0 saturated heterocycles. The Labute approximate surface area is 192 Å². The van der Waals surface area contributed by atoms with E-state index in [1.165, 1.54) is 42.1 Å². The maximum atomic E-state index is 2.34. The van der Waals surface area contributed by atoms with E-state index in [4.69, 9.17) is 0 Å². The van der Waals surface area contributed by atoms with Crippen LogP contribution in [-0.2, 0) is 10.9 Å². The lowest BCUT2D eigenvalue weighted by atomic mass is 10.1. The van der Waals surface area contributed by atoms with Gasteiger partial charge < -0.3 is 0 Å².